The van der Waals surface area contributed by atoms with Gasteiger partial charge in [0.15, 0.2) is 0 Å². The molecule has 0 aliphatic carbocycles. The van der Waals surface area contributed by atoms with Gasteiger partial charge in [-0.2, -0.15) is 5.26 Å². The molecule has 0 saturated heterocycles. The van der Waals surface area contributed by atoms with E-state index in [9.17, 15) is 5.11 Å². The molecule has 0 bridgehead atoms. The Labute approximate surface area is 100.0 Å². The third-order valence-corrected chi connectivity index (χ3v) is 2.59. The first-order chi connectivity index (χ1) is 8.31. The number of benzene rings is 1. The molecule has 0 amide bonds. The highest BCUT2D eigenvalue weighted by atomic mass is 16.3. The molecule has 2 rings (SSSR count). The van der Waals surface area contributed by atoms with E-state index < -0.39 is 6.10 Å². The summed E-state index contributed by atoms with van der Waals surface area (Å²) in [7, 11) is 0. The van der Waals surface area contributed by atoms with E-state index >= 15 is 0 Å². The van der Waals surface area contributed by atoms with Crippen LogP contribution in [0.4, 0.5) is 0 Å². The number of aliphatic hydroxyl groups is 1. The van der Waals surface area contributed by atoms with Gasteiger partial charge in [-0.15, -0.1) is 0 Å². The zero-order chi connectivity index (χ0) is 12.1. The summed E-state index contributed by atoms with van der Waals surface area (Å²) < 4.78 is 0. The summed E-state index contributed by atoms with van der Waals surface area (Å²) in [5.41, 5.74) is 1.99. The number of aliphatic hydroxyl groups excluding tert-OH is 1. The molecule has 84 valence electrons. The Morgan fingerprint density at radius 2 is 1.94 bits per heavy atom. The van der Waals surface area contributed by atoms with E-state index in [1.54, 1.807) is 12.3 Å². The van der Waals surface area contributed by atoms with E-state index in [0.29, 0.717) is 12.1 Å². The Morgan fingerprint density at radius 3 is 2.65 bits per heavy atom. The molecular formula is C14H12N2O. The van der Waals surface area contributed by atoms with Crippen molar-refractivity contribution in [1.82, 2.24) is 4.98 Å². The first-order valence-electron chi connectivity index (χ1n) is 5.38. The van der Waals surface area contributed by atoms with Crippen LogP contribution in [0.1, 0.15) is 22.9 Å². The highest BCUT2D eigenvalue weighted by Gasteiger charge is 2.11. The van der Waals surface area contributed by atoms with Crippen LogP contribution in [0.15, 0.2) is 48.7 Å². The highest BCUT2D eigenvalue weighted by Crippen LogP contribution is 2.18. The van der Waals surface area contributed by atoms with Gasteiger partial charge in [0.1, 0.15) is 11.8 Å². The standard InChI is InChI=1S/C14H12N2O/c15-10-13-12(7-4-8-16-13)9-14(17)11-5-2-1-3-6-11/h1-8,14,17H,9H2. The average molecular weight is 224 g/mol. The van der Waals surface area contributed by atoms with E-state index in [1.807, 2.05) is 42.5 Å². The lowest BCUT2D eigenvalue weighted by molar-refractivity contribution is 0.178. The molecule has 1 N–H and O–H groups in total. The minimum Gasteiger partial charge on any atom is -0.388 e. The molecule has 1 aromatic heterocycles. The first-order valence-corrected chi connectivity index (χ1v) is 5.38. The van der Waals surface area contributed by atoms with Gasteiger partial charge in [-0.25, -0.2) is 4.98 Å². The van der Waals surface area contributed by atoms with Crippen LogP contribution in [0.25, 0.3) is 0 Å². The lowest BCUT2D eigenvalue weighted by Crippen LogP contribution is -2.04. The van der Waals surface area contributed by atoms with Crippen molar-refractivity contribution in [2.24, 2.45) is 0 Å². The minimum atomic E-state index is -0.604. The fourth-order valence-electron chi connectivity index (χ4n) is 1.71. The SMILES string of the molecule is N#Cc1ncccc1CC(O)c1ccccc1. The minimum absolute atomic E-state index is 0.377. The summed E-state index contributed by atoms with van der Waals surface area (Å²) in [6, 6.07) is 15.0. The maximum atomic E-state index is 10.1. The van der Waals surface area contributed by atoms with E-state index in [-0.39, 0.29) is 0 Å². The second kappa shape index (κ2) is 5.24. The van der Waals surface area contributed by atoms with Gasteiger partial charge < -0.3 is 5.11 Å². The van der Waals surface area contributed by atoms with Crippen molar-refractivity contribution in [3.8, 4) is 6.07 Å². The maximum Gasteiger partial charge on any atom is 0.143 e. The molecule has 0 saturated carbocycles. The summed E-state index contributed by atoms with van der Waals surface area (Å²) in [6.07, 6.45) is 1.38. The molecule has 17 heavy (non-hydrogen) atoms. The van der Waals surface area contributed by atoms with E-state index in [1.165, 1.54) is 0 Å². The lowest BCUT2D eigenvalue weighted by Gasteiger charge is -2.11. The van der Waals surface area contributed by atoms with Crippen molar-refractivity contribution in [3.05, 3.63) is 65.5 Å². The monoisotopic (exact) mass is 224 g/mol. The highest BCUT2D eigenvalue weighted by molar-refractivity contribution is 5.32. The van der Waals surface area contributed by atoms with Gasteiger partial charge >= 0.3 is 0 Å². The number of rotatable bonds is 3. The van der Waals surface area contributed by atoms with Crippen LogP contribution in [0.5, 0.6) is 0 Å². The van der Waals surface area contributed by atoms with E-state index in [0.717, 1.165) is 11.1 Å². The molecule has 0 spiro atoms. The average Bonchev–Trinajstić information content (AvgIpc) is 2.40. The summed E-state index contributed by atoms with van der Waals surface area (Å²) in [5, 5.41) is 19.0. The van der Waals surface area contributed by atoms with Crippen molar-refractivity contribution in [3.63, 3.8) is 0 Å². The number of pyridine rings is 1. The summed E-state index contributed by atoms with van der Waals surface area (Å²) in [5.74, 6) is 0. The van der Waals surface area contributed by atoms with Gasteiger partial charge in [0.2, 0.25) is 0 Å². The summed E-state index contributed by atoms with van der Waals surface area (Å²) in [4.78, 5) is 3.97. The van der Waals surface area contributed by atoms with E-state index in [2.05, 4.69) is 4.98 Å². The third kappa shape index (κ3) is 2.68. The normalized spacial score (nSPS) is 11.8. The smallest absolute Gasteiger partial charge is 0.143 e. The predicted molar refractivity (Wildman–Crippen MR) is 64.1 cm³/mol. The molecule has 0 aliphatic rings. The lowest BCUT2D eigenvalue weighted by atomic mass is 10.0. The summed E-state index contributed by atoms with van der Waals surface area (Å²) >= 11 is 0. The van der Waals surface area contributed by atoms with Crippen LogP contribution in [-0.2, 0) is 6.42 Å². The zero-order valence-electron chi connectivity index (χ0n) is 9.24. The molecule has 1 aromatic carbocycles. The van der Waals surface area contributed by atoms with Gasteiger partial charge in [0, 0.05) is 12.6 Å². The topological polar surface area (TPSA) is 56.9 Å². The van der Waals surface area contributed by atoms with Crippen molar-refractivity contribution >= 4 is 0 Å². The van der Waals surface area contributed by atoms with Gasteiger partial charge in [0.25, 0.3) is 0 Å². The van der Waals surface area contributed by atoms with Crippen LogP contribution in [0, 0.1) is 11.3 Å². The van der Waals surface area contributed by atoms with Crippen LogP contribution < -0.4 is 0 Å². The van der Waals surface area contributed by atoms with E-state index in [4.69, 9.17) is 5.26 Å². The largest absolute Gasteiger partial charge is 0.388 e. The third-order valence-electron chi connectivity index (χ3n) is 2.59. The van der Waals surface area contributed by atoms with Crippen LogP contribution in [0.2, 0.25) is 0 Å². The first kappa shape index (κ1) is 11.3. The predicted octanol–water partition coefficient (Wildman–Crippen LogP) is 2.23. The Kier molecular flexibility index (Phi) is 3.49. The fourth-order valence-corrected chi connectivity index (χ4v) is 1.71. The van der Waals surface area contributed by atoms with Crippen LogP contribution in [-0.4, -0.2) is 10.1 Å². The van der Waals surface area contributed by atoms with Crippen molar-refractivity contribution in [2.75, 3.05) is 0 Å². The van der Waals surface area contributed by atoms with Crippen LogP contribution in [0.3, 0.4) is 0 Å². The van der Waals surface area contributed by atoms with Gasteiger partial charge in [0.05, 0.1) is 6.10 Å². The van der Waals surface area contributed by atoms with Gasteiger partial charge in [-0.05, 0) is 17.2 Å². The van der Waals surface area contributed by atoms with Gasteiger partial charge in [-0.3, -0.25) is 0 Å². The van der Waals surface area contributed by atoms with Gasteiger partial charge in [-0.1, -0.05) is 36.4 Å². The molecular weight excluding hydrogens is 212 g/mol. The second-order valence-electron chi connectivity index (χ2n) is 3.75. The fraction of sp³-hybridized carbons (Fsp3) is 0.143. The molecule has 1 atom stereocenters. The molecule has 1 heterocycles. The maximum absolute atomic E-state index is 10.1. The number of hydrogen-bond acceptors (Lipinski definition) is 3. The molecule has 3 nitrogen and oxygen atoms in total. The summed E-state index contributed by atoms with van der Waals surface area (Å²) in [6.45, 7) is 0. The number of nitrogens with zero attached hydrogens (tertiary/aromatic N) is 2. The Balaban J connectivity index is 2.19. The molecule has 2 aromatic rings. The molecule has 0 radical (unpaired) electrons. The van der Waals surface area contributed by atoms with Crippen molar-refractivity contribution in [1.29, 1.82) is 5.26 Å². The molecule has 1 unspecified atom stereocenters. The molecule has 0 fully saturated rings. The molecule has 3 heteroatoms. The Morgan fingerprint density at radius 1 is 1.18 bits per heavy atom. The van der Waals surface area contributed by atoms with Crippen molar-refractivity contribution in [2.45, 2.75) is 12.5 Å². The quantitative estimate of drug-likeness (QED) is 0.869. The van der Waals surface area contributed by atoms with Crippen LogP contribution >= 0.6 is 0 Å². The Hall–Kier alpha value is -2.18. The number of aromatic nitrogens is 1. The van der Waals surface area contributed by atoms with Crippen molar-refractivity contribution < 1.29 is 5.11 Å². The number of nitriles is 1. The zero-order valence-corrected chi connectivity index (χ0v) is 9.24. The molecule has 0 aliphatic heterocycles. The second-order valence-corrected chi connectivity index (χ2v) is 3.75. The Bertz CT molecular complexity index is 531. The number of hydrogen-bond donors (Lipinski definition) is 1.